The Kier molecular flexibility index (Phi) is 4.48. The molecule has 0 bridgehead atoms. The van der Waals surface area contributed by atoms with Gasteiger partial charge in [0.2, 0.25) is 0 Å². The lowest BCUT2D eigenvalue weighted by Gasteiger charge is -2.05. The van der Waals surface area contributed by atoms with Gasteiger partial charge in [-0.1, -0.05) is 6.92 Å². The molecular formula is C9H12ClNS. The molecule has 0 saturated heterocycles. The zero-order valence-corrected chi connectivity index (χ0v) is 8.61. The number of aromatic nitrogens is 1. The van der Waals surface area contributed by atoms with E-state index in [2.05, 4.69) is 11.9 Å². The van der Waals surface area contributed by atoms with Crippen molar-refractivity contribution in [3.8, 4) is 0 Å². The van der Waals surface area contributed by atoms with E-state index in [1.54, 1.807) is 0 Å². The fourth-order valence-electron chi connectivity index (χ4n) is 0.717. The molecule has 3 heteroatoms. The Balaban J connectivity index is 2.33. The van der Waals surface area contributed by atoms with E-state index in [-0.39, 0.29) is 0 Å². The fraction of sp³-hybridized carbons (Fsp3) is 0.444. The third kappa shape index (κ3) is 3.46. The van der Waals surface area contributed by atoms with Gasteiger partial charge in [0.1, 0.15) is 0 Å². The summed E-state index contributed by atoms with van der Waals surface area (Å²) >= 11 is 7.52. The van der Waals surface area contributed by atoms with Crippen LogP contribution in [-0.4, -0.2) is 16.6 Å². The van der Waals surface area contributed by atoms with Crippen molar-refractivity contribution >= 4 is 23.4 Å². The first-order chi connectivity index (χ1) is 5.83. The maximum absolute atomic E-state index is 5.69. The summed E-state index contributed by atoms with van der Waals surface area (Å²) in [5.74, 6) is 2.39. The molecule has 0 aliphatic heterocycles. The lowest BCUT2D eigenvalue weighted by atomic mass is 10.3. The second kappa shape index (κ2) is 5.44. The number of alkyl halides is 1. The van der Waals surface area contributed by atoms with Crippen LogP contribution in [0.4, 0.5) is 0 Å². The van der Waals surface area contributed by atoms with Crippen molar-refractivity contribution in [1.29, 1.82) is 0 Å². The average molecular weight is 202 g/mol. The minimum Gasteiger partial charge on any atom is -0.265 e. The van der Waals surface area contributed by atoms with E-state index in [0.29, 0.717) is 5.92 Å². The summed E-state index contributed by atoms with van der Waals surface area (Å²) in [4.78, 5) is 5.22. The number of rotatable bonds is 4. The minimum atomic E-state index is 0.574. The number of hydrogen-bond donors (Lipinski definition) is 0. The summed E-state index contributed by atoms with van der Waals surface area (Å²) < 4.78 is 0. The average Bonchev–Trinajstić information content (AvgIpc) is 2.16. The van der Waals surface area contributed by atoms with E-state index in [4.69, 9.17) is 11.6 Å². The molecule has 0 radical (unpaired) electrons. The second-order valence-electron chi connectivity index (χ2n) is 2.75. The quantitative estimate of drug-likeness (QED) is 0.549. The van der Waals surface area contributed by atoms with Gasteiger partial charge in [-0.25, -0.2) is 0 Å². The third-order valence-electron chi connectivity index (χ3n) is 1.45. The van der Waals surface area contributed by atoms with Crippen LogP contribution in [0, 0.1) is 5.92 Å². The van der Waals surface area contributed by atoms with Crippen LogP contribution in [0.1, 0.15) is 6.92 Å². The van der Waals surface area contributed by atoms with Gasteiger partial charge in [-0.3, -0.25) is 4.98 Å². The molecule has 0 spiro atoms. The van der Waals surface area contributed by atoms with Crippen LogP contribution in [0.5, 0.6) is 0 Å². The van der Waals surface area contributed by atoms with Gasteiger partial charge in [0, 0.05) is 28.9 Å². The maximum atomic E-state index is 5.69. The molecule has 0 amide bonds. The van der Waals surface area contributed by atoms with Crippen LogP contribution >= 0.6 is 23.4 Å². The monoisotopic (exact) mass is 201 g/mol. The van der Waals surface area contributed by atoms with Gasteiger partial charge < -0.3 is 0 Å². The lowest BCUT2D eigenvalue weighted by Crippen LogP contribution is -1.98. The van der Waals surface area contributed by atoms with Gasteiger partial charge in [-0.15, -0.1) is 23.4 Å². The van der Waals surface area contributed by atoms with Crippen molar-refractivity contribution in [3.63, 3.8) is 0 Å². The Morgan fingerprint density at radius 1 is 1.50 bits per heavy atom. The van der Waals surface area contributed by atoms with Crippen molar-refractivity contribution in [3.05, 3.63) is 24.5 Å². The third-order valence-corrected chi connectivity index (χ3v) is 3.32. The normalized spacial score (nSPS) is 12.8. The number of nitrogens with zero attached hydrogens (tertiary/aromatic N) is 1. The van der Waals surface area contributed by atoms with E-state index in [1.807, 2.05) is 36.3 Å². The van der Waals surface area contributed by atoms with Gasteiger partial charge in [0.25, 0.3) is 0 Å². The lowest BCUT2D eigenvalue weighted by molar-refractivity contribution is 0.759. The number of thioether (sulfide) groups is 1. The topological polar surface area (TPSA) is 12.9 Å². The molecule has 0 aliphatic carbocycles. The molecule has 1 atom stereocenters. The van der Waals surface area contributed by atoms with Crippen molar-refractivity contribution < 1.29 is 0 Å². The van der Waals surface area contributed by atoms with E-state index >= 15 is 0 Å². The molecule has 1 heterocycles. The van der Waals surface area contributed by atoms with Crippen LogP contribution in [0.3, 0.4) is 0 Å². The maximum Gasteiger partial charge on any atom is 0.0278 e. The largest absolute Gasteiger partial charge is 0.265 e. The molecule has 0 N–H and O–H groups in total. The van der Waals surface area contributed by atoms with Crippen molar-refractivity contribution in [2.75, 3.05) is 11.6 Å². The summed E-state index contributed by atoms with van der Waals surface area (Å²) in [6.45, 7) is 2.15. The molecule has 1 nitrogen and oxygen atoms in total. The number of hydrogen-bond acceptors (Lipinski definition) is 2. The Labute approximate surface area is 82.5 Å². The molecule has 1 aromatic rings. The van der Waals surface area contributed by atoms with E-state index in [0.717, 1.165) is 11.6 Å². The molecule has 0 saturated carbocycles. The molecule has 0 aromatic carbocycles. The van der Waals surface area contributed by atoms with Gasteiger partial charge in [-0.2, -0.15) is 0 Å². The molecule has 66 valence electrons. The molecule has 12 heavy (non-hydrogen) atoms. The van der Waals surface area contributed by atoms with E-state index in [1.165, 1.54) is 4.90 Å². The Bertz CT molecular complexity index is 215. The Morgan fingerprint density at radius 3 is 2.75 bits per heavy atom. The molecule has 0 aliphatic rings. The van der Waals surface area contributed by atoms with Crippen molar-refractivity contribution in [2.24, 2.45) is 5.92 Å². The van der Waals surface area contributed by atoms with Gasteiger partial charge >= 0.3 is 0 Å². The molecule has 0 fully saturated rings. The predicted octanol–water partition coefficient (Wildman–Crippen LogP) is 3.05. The summed E-state index contributed by atoms with van der Waals surface area (Å²) in [7, 11) is 0. The summed E-state index contributed by atoms with van der Waals surface area (Å²) in [5.41, 5.74) is 0. The van der Waals surface area contributed by atoms with Gasteiger partial charge in [0.05, 0.1) is 0 Å². The fourth-order valence-corrected chi connectivity index (χ4v) is 1.86. The smallest absolute Gasteiger partial charge is 0.0278 e. The zero-order valence-electron chi connectivity index (χ0n) is 7.03. The summed E-state index contributed by atoms with van der Waals surface area (Å²) in [5, 5.41) is 0. The zero-order chi connectivity index (χ0) is 8.81. The van der Waals surface area contributed by atoms with Crippen molar-refractivity contribution in [1.82, 2.24) is 4.98 Å². The predicted molar refractivity (Wildman–Crippen MR) is 54.8 cm³/mol. The summed E-state index contributed by atoms with van der Waals surface area (Å²) in [6.07, 6.45) is 3.63. The summed E-state index contributed by atoms with van der Waals surface area (Å²) in [6, 6.07) is 4.04. The van der Waals surface area contributed by atoms with Crippen LogP contribution in [0.25, 0.3) is 0 Å². The first-order valence-electron chi connectivity index (χ1n) is 3.91. The molecule has 1 aromatic heterocycles. The highest BCUT2D eigenvalue weighted by molar-refractivity contribution is 7.99. The van der Waals surface area contributed by atoms with Gasteiger partial charge in [0.15, 0.2) is 0 Å². The molecular weight excluding hydrogens is 190 g/mol. The molecule has 1 rings (SSSR count). The van der Waals surface area contributed by atoms with Crippen LogP contribution < -0.4 is 0 Å². The highest BCUT2D eigenvalue weighted by Gasteiger charge is 2.00. The second-order valence-corrected chi connectivity index (χ2v) is 4.16. The number of halogens is 1. The first-order valence-corrected chi connectivity index (χ1v) is 5.43. The van der Waals surface area contributed by atoms with Gasteiger partial charge in [-0.05, 0) is 18.1 Å². The Hall–Kier alpha value is -0.210. The Morgan fingerprint density at radius 2 is 2.17 bits per heavy atom. The standard InChI is InChI=1S/C9H12ClNS/c1-8(6-10)7-12-9-2-4-11-5-3-9/h2-5,8H,6-7H2,1H3. The SMILES string of the molecule is CC(CCl)CSc1ccncc1. The van der Waals surface area contributed by atoms with Crippen molar-refractivity contribution in [2.45, 2.75) is 11.8 Å². The van der Waals surface area contributed by atoms with Crippen LogP contribution in [0.15, 0.2) is 29.4 Å². The highest BCUT2D eigenvalue weighted by atomic mass is 35.5. The van der Waals surface area contributed by atoms with Crippen LogP contribution in [-0.2, 0) is 0 Å². The minimum absolute atomic E-state index is 0.574. The van der Waals surface area contributed by atoms with E-state index in [9.17, 15) is 0 Å². The highest BCUT2D eigenvalue weighted by Crippen LogP contribution is 2.19. The number of pyridine rings is 1. The van der Waals surface area contributed by atoms with Crippen LogP contribution in [0.2, 0.25) is 0 Å². The molecule has 1 unspecified atom stereocenters. The van der Waals surface area contributed by atoms with E-state index < -0.39 is 0 Å². The first kappa shape index (κ1) is 9.87.